The Morgan fingerprint density at radius 2 is 2.13 bits per heavy atom. The zero-order chi connectivity index (χ0) is 11.1. The highest BCUT2D eigenvalue weighted by atomic mass is 16.2. The number of amides is 1. The van der Waals surface area contributed by atoms with Crippen LogP contribution in [-0.4, -0.2) is 36.5 Å². The number of hydrogen-bond acceptors (Lipinski definition) is 2. The van der Waals surface area contributed by atoms with Crippen molar-refractivity contribution in [2.45, 2.75) is 52.0 Å². The van der Waals surface area contributed by atoms with Crippen LogP contribution in [0.1, 0.15) is 46.0 Å². The van der Waals surface area contributed by atoms with Gasteiger partial charge in [0.05, 0.1) is 0 Å². The van der Waals surface area contributed by atoms with Crippen LogP contribution in [-0.2, 0) is 4.79 Å². The molecule has 0 spiro atoms. The van der Waals surface area contributed by atoms with E-state index in [9.17, 15) is 4.79 Å². The van der Waals surface area contributed by atoms with Crippen molar-refractivity contribution in [3.8, 4) is 0 Å². The minimum atomic E-state index is 0.359. The topological polar surface area (TPSA) is 32.3 Å². The molecule has 0 aliphatic carbocycles. The van der Waals surface area contributed by atoms with Crippen LogP contribution >= 0.6 is 0 Å². The van der Waals surface area contributed by atoms with E-state index in [0.717, 1.165) is 38.9 Å². The van der Waals surface area contributed by atoms with Crippen LogP contribution in [0.15, 0.2) is 0 Å². The standard InChI is InChI=1S/C12H24N2O/c1-11(2)13-8-4-6-10-14-9-5-3-7-12(14)15/h11,13H,3-10H2,1-2H3. The van der Waals surface area contributed by atoms with Crippen LogP contribution in [0.5, 0.6) is 0 Å². The van der Waals surface area contributed by atoms with E-state index < -0.39 is 0 Å². The maximum atomic E-state index is 11.5. The Balaban J connectivity index is 2.01. The number of rotatable bonds is 6. The van der Waals surface area contributed by atoms with Gasteiger partial charge >= 0.3 is 0 Å². The highest BCUT2D eigenvalue weighted by Gasteiger charge is 2.16. The second-order valence-corrected chi connectivity index (χ2v) is 4.65. The molecule has 1 N–H and O–H groups in total. The van der Waals surface area contributed by atoms with Gasteiger partial charge in [-0.1, -0.05) is 13.8 Å². The van der Waals surface area contributed by atoms with E-state index in [0.29, 0.717) is 11.9 Å². The van der Waals surface area contributed by atoms with Crippen LogP contribution in [0.25, 0.3) is 0 Å². The Morgan fingerprint density at radius 3 is 2.80 bits per heavy atom. The summed E-state index contributed by atoms with van der Waals surface area (Å²) >= 11 is 0. The summed E-state index contributed by atoms with van der Waals surface area (Å²) in [5.41, 5.74) is 0. The van der Waals surface area contributed by atoms with E-state index in [2.05, 4.69) is 19.2 Å². The highest BCUT2D eigenvalue weighted by molar-refractivity contribution is 5.76. The molecule has 1 rings (SSSR count). The Hall–Kier alpha value is -0.570. The maximum absolute atomic E-state index is 11.5. The molecule has 1 amide bonds. The van der Waals surface area contributed by atoms with E-state index in [1.165, 1.54) is 12.8 Å². The summed E-state index contributed by atoms with van der Waals surface area (Å²) in [6, 6.07) is 0.571. The smallest absolute Gasteiger partial charge is 0.222 e. The predicted octanol–water partition coefficient (Wildman–Crippen LogP) is 1.78. The van der Waals surface area contributed by atoms with Crippen molar-refractivity contribution in [1.29, 1.82) is 0 Å². The quantitative estimate of drug-likeness (QED) is 0.681. The molecule has 0 bridgehead atoms. The first-order chi connectivity index (χ1) is 7.20. The summed E-state index contributed by atoms with van der Waals surface area (Å²) < 4.78 is 0. The van der Waals surface area contributed by atoms with Crippen LogP contribution in [0.4, 0.5) is 0 Å². The normalized spacial score (nSPS) is 17.5. The zero-order valence-electron chi connectivity index (χ0n) is 10.1. The minimum Gasteiger partial charge on any atom is -0.343 e. The molecule has 0 aromatic carbocycles. The van der Waals surface area contributed by atoms with E-state index in [1.54, 1.807) is 0 Å². The number of likely N-dealkylation sites (tertiary alicyclic amines) is 1. The molecule has 0 aromatic heterocycles. The van der Waals surface area contributed by atoms with Gasteiger partial charge in [-0.25, -0.2) is 0 Å². The monoisotopic (exact) mass is 212 g/mol. The molecule has 3 heteroatoms. The molecule has 0 saturated carbocycles. The molecule has 0 unspecified atom stereocenters. The van der Waals surface area contributed by atoms with Gasteiger partial charge in [-0.05, 0) is 32.2 Å². The third-order valence-corrected chi connectivity index (χ3v) is 2.83. The van der Waals surface area contributed by atoms with Gasteiger partial charge in [0, 0.05) is 25.6 Å². The predicted molar refractivity (Wildman–Crippen MR) is 62.8 cm³/mol. The molecule has 15 heavy (non-hydrogen) atoms. The molecule has 0 atom stereocenters. The van der Waals surface area contributed by atoms with Crippen molar-refractivity contribution in [3.05, 3.63) is 0 Å². The summed E-state index contributed by atoms with van der Waals surface area (Å²) in [5, 5.41) is 3.39. The number of carbonyl (C=O) groups is 1. The fourth-order valence-corrected chi connectivity index (χ4v) is 1.92. The SMILES string of the molecule is CC(C)NCCCCN1CCCCC1=O. The third kappa shape index (κ3) is 5.17. The number of carbonyl (C=O) groups excluding carboxylic acids is 1. The molecule has 0 radical (unpaired) electrons. The van der Waals surface area contributed by atoms with E-state index >= 15 is 0 Å². The summed E-state index contributed by atoms with van der Waals surface area (Å²) in [5.74, 6) is 0.359. The van der Waals surface area contributed by atoms with Crippen LogP contribution in [0.3, 0.4) is 0 Å². The zero-order valence-corrected chi connectivity index (χ0v) is 10.1. The summed E-state index contributed by atoms with van der Waals surface area (Å²) in [6.45, 7) is 7.33. The fourth-order valence-electron chi connectivity index (χ4n) is 1.92. The molecule has 1 saturated heterocycles. The van der Waals surface area contributed by atoms with E-state index in [-0.39, 0.29) is 0 Å². The molecule has 0 aromatic rings. The molecular weight excluding hydrogens is 188 g/mol. The number of unbranched alkanes of at least 4 members (excludes halogenated alkanes) is 1. The van der Waals surface area contributed by atoms with Gasteiger partial charge in [0.2, 0.25) is 5.91 Å². The summed E-state index contributed by atoms with van der Waals surface area (Å²) in [4.78, 5) is 13.5. The minimum absolute atomic E-state index is 0.359. The van der Waals surface area contributed by atoms with Crippen LogP contribution in [0, 0.1) is 0 Å². The van der Waals surface area contributed by atoms with Crippen molar-refractivity contribution in [2.75, 3.05) is 19.6 Å². The van der Waals surface area contributed by atoms with Gasteiger partial charge in [-0.15, -0.1) is 0 Å². The Morgan fingerprint density at radius 1 is 1.33 bits per heavy atom. The first-order valence-corrected chi connectivity index (χ1v) is 6.21. The van der Waals surface area contributed by atoms with Crippen molar-refractivity contribution in [3.63, 3.8) is 0 Å². The Labute approximate surface area is 93.2 Å². The second kappa shape index (κ2) is 6.83. The first kappa shape index (κ1) is 12.5. The Kier molecular flexibility index (Phi) is 5.69. The van der Waals surface area contributed by atoms with Crippen LogP contribution < -0.4 is 5.32 Å². The van der Waals surface area contributed by atoms with Gasteiger partial charge in [-0.2, -0.15) is 0 Å². The van der Waals surface area contributed by atoms with Crippen LogP contribution in [0.2, 0.25) is 0 Å². The largest absolute Gasteiger partial charge is 0.343 e. The molecule has 1 aliphatic rings. The van der Waals surface area contributed by atoms with Crippen molar-refractivity contribution >= 4 is 5.91 Å². The van der Waals surface area contributed by atoms with Gasteiger partial charge < -0.3 is 10.2 Å². The van der Waals surface area contributed by atoms with E-state index in [1.807, 2.05) is 4.90 Å². The molecular formula is C12H24N2O. The molecule has 1 heterocycles. The first-order valence-electron chi connectivity index (χ1n) is 6.21. The van der Waals surface area contributed by atoms with Gasteiger partial charge in [0.15, 0.2) is 0 Å². The Bertz CT molecular complexity index is 192. The molecule has 1 aliphatic heterocycles. The lowest BCUT2D eigenvalue weighted by Crippen LogP contribution is -2.36. The fraction of sp³-hybridized carbons (Fsp3) is 0.917. The van der Waals surface area contributed by atoms with Crippen molar-refractivity contribution < 1.29 is 4.79 Å². The maximum Gasteiger partial charge on any atom is 0.222 e. The number of hydrogen-bond donors (Lipinski definition) is 1. The van der Waals surface area contributed by atoms with Crippen molar-refractivity contribution in [2.24, 2.45) is 0 Å². The van der Waals surface area contributed by atoms with Crippen molar-refractivity contribution in [1.82, 2.24) is 10.2 Å². The van der Waals surface area contributed by atoms with Gasteiger partial charge in [-0.3, -0.25) is 4.79 Å². The lowest BCUT2D eigenvalue weighted by molar-refractivity contribution is -0.133. The number of piperidine rings is 1. The molecule has 3 nitrogen and oxygen atoms in total. The lowest BCUT2D eigenvalue weighted by atomic mass is 10.1. The van der Waals surface area contributed by atoms with Gasteiger partial charge in [0.25, 0.3) is 0 Å². The lowest BCUT2D eigenvalue weighted by Gasteiger charge is -2.26. The second-order valence-electron chi connectivity index (χ2n) is 4.65. The van der Waals surface area contributed by atoms with E-state index in [4.69, 9.17) is 0 Å². The number of nitrogens with one attached hydrogen (secondary N) is 1. The summed E-state index contributed by atoms with van der Waals surface area (Å²) in [7, 11) is 0. The average Bonchev–Trinajstić information content (AvgIpc) is 2.20. The summed E-state index contributed by atoms with van der Waals surface area (Å²) in [6.07, 6.45) is 5.35. The number of nitrogens with zero attached hydrogens (tertiary/aromatic N) is 1. The molecule has 1 fully saturated rings. The van der Waals surface area contributed by atoms with Gasteiger partial charge in [0.1, 0.15) is 0 Å². The molecule has 88 valence electrons. The highest BCUT2D eigenvalue weighted by Crippen LogP contribution is 2.10. The average molecular weight is 212 g/mol. The third-order valence-electron chi connectivity index (χ3n) is 2.83.